The highest BCUT2D eigenvalue weighted by atomic mass is 35.5. The Morgan fingerprint density at radius 2 is 2.21 bits per heavy atom. The minimum absolute atomic E-state index is 0.0568. The summed E-state index contributed by atoms with van der Waals surface area (Å²) < 4.78 is 39.6. The average Bonchev–Trinajstić information content (AvgIpc) is 2.85. The molecule has 1 atom stereocenters. The van der Waals surface area contributed by atoms with Gasteiger partial charge in [0.05, 0.1) is 11.1 Å². The summed E-state index contributed by atoms with van der Waals surface area (Å²) >= 11 is 5.77. The lowest BCUT2D eigenvalue weighted by molar-refractivity contribution is 0.558. The highest BCUT2D eigenvalue weighted by Gasteiger charge is 2.22. The van der Waals surface area contributed by atoms with E-state index in [1.807, 2.05) is 0 Å². The number of H-pyrrole nitrogens is 1. The molecule has 2 rings (SSSR count). The standard InChI is InChI=1S/C10H10ClFN4O2S/c1-6(10-13-5-14-15-10)16-19(17,18)9-4-7(12)2-3-8(9)11/h2-6,16H,1H3,(H,13,14,15). The third-order valence-electron chi connectivity index (χ3n) is 2.36. The van der Waals surface area contributed by atoms with Crippen LogP contribution >= 0.6 is 11.6 Å². The quantitative estimate of drug-likeness (QED) is 0.899. The summed E-state index contributed by atoms with van der Waals surface area (Å²) in [7, 11) is -3.95. The first-order valence-corrected chi connectivity index (χ1v) is 7.09. The largest absolute Gasteiger partial charge is 0.262 e. The minimum Gasteiger partial charge on any atom is -0.262 e. The third kappa shape index (κ3) is 3.09. The molecule has 2 aromatic rings. The highest BCUT2D eigenvalue weighted by molar-refractivity contribution is 7.89. The van der Waals surface area contributed by atoms with E-state index in [0.29, 0.717) is 5.82 Å². The fraction of sp³-hybridized carbons (Fsp3) is 0.200. The van der Waals surface area contributed by atoms with E-state index in [2.05, 4.69) is 19.9 Å². The Labute approximate surface area is 114 Å². The predicted molar refractivity (Wildman–Crippen MR) is 66.5 cm³/mol. The molecule has 102 valence electrons. The summed E-state index contributed by atoms with van der Waals surface area (Å²) in [5.74, 6) is -0.340. The number of benzene rings is 1. The van der Waals surface area contributed by atoms with Crippen molar-refractivity contribution in [1.82, 2.24) is 19.9 Å². The monoisotopic (exact) mass is 304 g/mol. The number of halogens is 2. The van der Waals surface area contributed by atoms with E-state index in [4.69, 9.17) is 11.6 Å². The van der Waals surface area contributed by atoms with Gasteiger partial charge in [0.1, 0.15) is 22.9 Å². The van der Waals surface area contributed by atoms with E-state index in [9.17, 15) is 12.8 Å². The molecule has 0 amide bonds. The van der Waals surface area contributed by atoms with Gasteiger partial charge < -0.3 is 0 Å². The molecule has 0 saturated heterocycles. The van der Waals surface area contributed by atoms with Crippen molar-refractivity contribution in [3.63, 3.8) is 0 Å². The molecular weight excluding hydrogens is 295 g/mol. The Bertz CT molecular complexity index is 675. The molecule has 19 heavy (non-hydrogen) atoms. The predicted octanol–water partition coefficient (Wildman–Crippen LogP) is 1.64. The number of hydrogen-bond donors (Lipinski definition) is 2. The smallest absolute Gasteiger partial charge is 0.242 e. The molecule has 0 aliphatic heterocycles. The number of nitrogens with zero attached hydrogens (tertiary/aromatic N) is 2. The van der Waals surface area contributed by atoms with Crippen LogP contribution in [-0.4, -0.2) is 23.6 Å². The number of aromatic nitrogens is 3. The maximum Gasteiger partial charge on any atom is 0.242 e. The maximum absolute atomic E-state index is 13.1. The SMILES string of the molecule is CC(NS(=O)(=O)c1cc(F)ccc1Cl)c1ncn[nH]1. The van der Waals surface area contributed by atoms with Gasteiger partial charge >= 0.3 is 0 Å². The molecule has 0 fully saturated rings. The van der Waals surface area contributed by atoms with Crippen molar-refractivity contribution >= 4 is 21.6 Å². The second kappa shape index (κ2) is 5.24. The van der Waals surface area contributed by atoms with E-state index >= 15 is 0 Å². The van der Waals surface area contributed by atoms with Crippen LogP contribution in [0, 0.1) is 5.82 Å². The van der Waals surface area contributed by atoms with Gasteiger partial charge in [-0.1, -0.05) is 11.6 Å². The summed E-state index contributed by atoms with van der Waals surface area (Å²) in [5.41, 5.74) is 0. The molecule has 0 bridgehead atoms. The lowest BCUT2D eigenvalue weighted by Gasteiger charge is -2.12. The number of hydrogen-bond acceptors (Lipinski definition) is 4. The number of aromatic amines is 1. The molecule has 9 heteroatoms. The first kappa shape index (κ1) is 13.9. The first-order chi connectivity index (χ1) is 8.90. The summed E-state index contributed by atoms with van der Waals surface area (Å²) in [6.45, 7) is 1.57. The Morgan fingerprint density at radius 1 is 1.47 bits per heavy atom. The van der Waals surface area contributed by atoms with Crippen LogP contribution in [0.3, 0.4) is 0 Å². The lowest BCUT2D eigenvalue weighted by atomic mass is 10.3. The van der Waals surface area contributed by atoms with Crippen LogP contribution in [-0.2, 0) is 10.0 Å². The van der Waals surface area contributed by atoms with Gasteiger partial charge in [-0.15, -0.1) is 0 Å². The van der Waals surface area contributed by atoms with Gasteiger partial charge in [-0.25, -0.2) is 22.5 Å². The third-order valence-corrected chi connectivity index (χ3v) is 4.38. The zero-order chi connectivity index (χ0) is 14.0. The summed E-state index contributed by atoms with van der Waals surface area (Å²) in [4.78, 5) is 3.51. The van der Waals surface area contributed by atoms with Crippen LogP contribution in [0.5, 0.6) is 0 Å². The maximum atomic E-state index is 13.1. The molecular formula is C10H10ClFN4O2S. The van der Waals surface area contributed by atoms with Crippen LogP contribution in [0.15, 0.2) is 29.4 Å². The molecule has 0 saturated carbocycles. The van der Waals surface area contributed by atoms with Crippen molar-refractivity contribution in [2.45, 2.75) is 17.9 Å². The number of sulfonamides is 1. The molecule has 1 heterocycles. The van der Waals surface area contributed by atoms with Gasteiger partial charge in [0.25, 0.3) is 0 Å². The van der Waals surface area contributed by atoms with E-state index < -0.39 is 21.9 Å². The van der Waals surface area contributed by atoms with Crippen molar-refractivity contribution in [1.29, 1.82) is 0 Å². The second-order valence-electron chi connectivity index (χ2n) is 3.79. The van der Waals surface area contributed by atoms with Crippen LogP contribution in [0.4, 0.5) is 4.39 Å². The minimum atomic E-state index is -3.95. The van der Waals surface area contributed by atoms with E-state index in [-0.39, 0.29) is 9.92 Å². The molecule has 1 aromatic carbocycles. The first-order valence-electron chi connectivity index (χ1n) is 5.23. The molecule has 6 nitrogen and oxygen atoms in total. The van der Waals surface area contributed by atoms with Crippen LogP contribution in [0.25, 0.3) is 0 Å². The zero-order valence-electron chi connectivity index (χ0n) is 9.76. The van der Waals surface area contributed by atoms with Gasteiger partial charge in [-0.2, -0.15) is 5.10 Å². The van der Waals surface area contributed by atoms with Gasteiger partial charge in [-0.05, 0) is 25.1 Å². The van der Waals surface area contributed by atoms with E-state index in [1.54, 1.807) is 6.92 Å². The Balaban J connectivity index is 2.30. The molecule has 0 radical (unpaired) electrons. The fourth-order valence-electron chi connectivity index (χ4n) is 1.46. The van der Waals surface area contributed by atoms with Crippen LogP contribution in [0.1, 0.15) is 18.8 Å². The van der Waals surface area contributed by atoms with E-state index in [1.165, 1.54) is 12.4 Å². The number of nitrogens with one attached hydrogen (secondary N) is 2. The topological polar surface area (TPSA) is 87.7 Å². The molecule has 1 unspecified atom stereocenters. The molecule has 0 aliphatic carbocycles. The van der Waals surface area contributed by atoms with Crippen molar-refractivity contribution < 1.29 is 12.8 Å². The van der Waals surface area contributed by atoms with Crippen LogP contribution in [0.2, 0.25) is 5.02 Å². The fourth-order valence-corrected chi connectivity index (χ4v) is 3.18. The van der Waals surface area contributed by atoms with Gasteiger partial charge in [0.2, 0.25) is 10.0 Å². The summed E-state index contributed by atoms with van der Waals surface area (Å²) in [5, 5.41) is 6.11. The Hall–Kier alpha value is -1.51. The number of rotatable bonds is 4. The molecule has 0 aliphatic rings. The second-order valence-corrected chi connectivity index (χ2v) is 5.88. The van der Waals surface area contributed by atoms with Crippen molar-refractivity contribution in [2.75, 3.05) is 0 Å². The summed E-state index contributed by atoms with van der Waals surface area (Å²) in [6.07, 6.45) is 1.26. The summed E-state index contributed by atoms with van der Waals surface area (Å²) in [6, 6.07) is 2.48. The lowest BCUT2D eigenvalue weighted by Crippen LogP contribution is -2.28. The zero-order valence-corrected chi connectivity index (χ0v) is 11.3. The Morgan fingerprint density at radius 3 is 2.84 bits per heavy atom. The normalized spacial score (nSPS) is 13.4. The van der Waals surface area contributed by atoms with Gasteiger partial charge in [0.15, 0.2) is 0 Å². The van der Waals surface area contributed by atoms with Gasteiger partial charge in [-0.3, -0.25) is 5.10 Å². The van der Waals surface area contributed by atoms with E-state index in [0.717, 1.165) is 12.1 Å². The van der Waals surface area contributed by atoms with Gasteiger partial charge in [0, 0.05) is 0 Å². The molecule has 0 spiro atoms. The van der Waals surface area contributed by atoms with Crippen LogP contribution < -0.4 is 4.72 Å². The van der Waals surface area contributed by atoms with Crippen molar-refractivity contribution in [2.24, 2.45) is 0 Å². The van der Waals surface area contributed by atoms with Crippen molar-refractivity contribution in [3.8, 4) is 0 Å². The van der Waals surface area contributed by atoms with Crippen molar-refractivity contribution in [3.05, 3.63) is 41.2 Å². The molecule has 2 N–H and O–H groups in total. The Kier molecular flexibility index (Phi) is 3.83. The highest BCUT2D eigenvalue weighted by Crippen LogP contribution is 2.23. The average molecular weight is 305 g/mol. The molecule has 1 aromatic heterocycles.